The molecule has 0 radical (unpaired) electrons. The summed E-state index contributed by atoms with van der Waals surface area (Å²) in [6, 6.07) is 26.7. The topological polar surface area (TPSA) is 39.3 Å². The van der Waals surface area contributed by atoms with Gasteiger partial charge in [0.25, 0.3) is 5.56 Å². The van der Waals surface area contributed by atoms with Crippen molar-refractivity contribution in [2.24, 2.45) is 0 Å². The molecule has 5 heteroatoms. The minimum atomic E-state index is -0.104. The van der Waals surface area contributed by atoms with E-state index in [1.807, 2.05) is 83.5 Å². The molecule has 0 spiro atoms. The van der Waals surface area contributed by atoms with Crippen LogP contribution in [0.15, 0.2) is 89.7 Å². The molecule has 0 unspecified atom stereocenters. The van der Waals surface area contributed by atoms with Crippen LogP contribution in [0.25, 0.3) is 33.5 Å². The summed E-state index contributed by atoms with van der Waals surface area (Å²) in [5.74, 6) is 0. The largest absolute Gasteiger partial charge is 0.281 e. The zero-order chi connectivity index (χ0) is 18.4. The average Bonchev–Trinajstić information content (AvgIpc) is 3.09. The van der Waals surface area contributed by atoms with Gasteiger partial charge in [-0.15, -0.1) is 0 Å². The van der Waals surface area contributed by atoms with Crippen LogP contribution in [-0.4, -0.2) is 14.2 Å². The molecule has 0 aliphatic rings. The third-order valence-electron chi connectivity index (χ3n) is 4.61. The van der Waals surface area contributed by atoms with Crippen LogP contribution in [0, 0.1) is 0 Å². The van der Waals surface area contributed by atoms with Crippen LogP contribution in [0.1, 0.15) is 0 Å². The number of fused-ring (bicyclic) bond motifs is 2. The first-order valence-electron chi connectivity index (χ1n) is 8.57. The lowest BCUT2D eigenvalue weighted by Gasteiger charge is -2.12. The number of nitrogens with zero attached hydrogens (tertiary/aromatic N) is 3. The van der Waals surface area contributed by atoms with Crippen LogP contribution in [-0.2, 0) is 0 Å². The number of rotatable bonds is 2. The molecule has 0 amide bonds. The van der Waals surface area contributed by atoms with Crippen LogP contribution in [0.5, 0.6) is 0 Å². The summed E-state index contributed by atoms with van der Waals surface area (Å²) in [6.07, 6.45) is 0. The SMILES string of the molecule is O=c1c2ccccc2nc2cc(-c3ccccc3)n(-c3ccc(Cl)cc3)n12. The summed E-state index contributed by atoms with van der Waals surface area (Å²) >= 11 is 6.07. The molecular formula is C22H14ClN3O. The first kappa shape index (κ1) is 15.9. The van der Waals surface area contributed by atoms with Crippen molar-refractivity contribution in [1.82, 2.24) is 14.2 Å². The summed E-state index contributed by atoms with van der Waals surface area (Å²) in [7, 11) is 0. The van der Waals surface area contributed by atoms with Gasteiger partial charge in [-0.25, -0.2) is 9.67 Å². The van der Waals surface area contributed by atoms with E-state index in [4.69, 9.17) is 16.6 Å². The molecule has 27 heavy (non-hydrogen) atoms. The highest BCUT2D eigenvalue weighted by atomic mass is 35.5. The Labute approximate surface area is 159 Å². The van der Waals surface area contributed by atoms with Gasteiger partial charge in [0.15, 0.2) is 5.65 Å². The number of aromatic nitrogens is 3. The van der Waals surface area contributed by atoms with Gasteiger partial charge in [0, 0.05) is 16.7 Å². The first-order chi connectivity index (χ1) is 13.2. The molecule has 3 aromatic carbocycles. The van der Waals surface area contributed by atoms with E-state index in [9.17, 15) is 4.79 Å². The van der Waals surface area contributed by atoms with E-state index in [2.05, 4.69) is 0 Å². The van der Waals surface area contributed by atoms with Gasteiger partial charge < -0.3 is 0 Å². The molecule has 0 saturated heterocycles. The normalized spacial score (nSPS) is 11.3. The number of benzene rings is 3. The van der Waals surface area contributed by atoms with E-state index < -0.39 is 0 Å². The Kier molecular flexibility index (Phi) is 3.59. The maximum Gasteiger partial charge on any atom is 0.281 e. The second kappa shape index (κ2) is 6.11. The second-order valence-corrected chi connectivity index (χ2v) is 6.72. The second-order valence-electron chi connectivity index (χ2n) is 6.29. The lowest BCUT2D eigenvalue weighted by atomic mass is 10.1. The first-order valence-corrected chi connectivity index (χ1v) is 8.95. The Bertz CT molecular complexity index is 1340. The van der Waals surface area contributed by atoms with E-state index in [0.29, 0.717) is 21.6 Å². The lowest BCUT2D eigenvalue weighted by molar-refractivity contribution is 0.779. The quantitative estimate of drug-likeness (QED) is 0.440. The lowest BCUT2D eigenvalue weighted by Crippen LogP contribution is -2.21. The number of hydrogen-bond acceptors (Lipinski definition) is 2. The highest BCUT2D eigenvalue weighted by Crippen LogP contribution is 2.26. The molecule has 0 saturated carbocycles. The van der Waals surface area contributed by atoms with Gasteiger partial charge in [-0.3, -0.25) is 4.79 Å². The maximum atomic E-state index is 13.3. The van der Waals surface area contributed by atoms with Crippen molar-refractivity contribution in [2.45, 2.75) is 0 Å². The molecule has 2 heterocycles. The van der Waals surface area contributed by atoms with Crippen LogP contribution < -0.4 is 5.56 Å². The molecule has 4 nitrogen and oxygen atoms in total. The van der Waals surface area contributed by atoms with Gasteiger partial charge >= 0.3 is 0 Å². The minimum absolute atomic E-state index is 0.104. The summed E-state index contributed by atoms with van der Waals surface area (Å²) in [4.78, 5) is 18.0. The van der Waals surface area contributed by atoms with Crippen molar-refractivity contribution >= 4 is 28.2 Å². The molecule has 0 N–H and O–H groups in total. The van der Waals surface area contributed by atoms with E-state index in [1.54, 1.807) is 10.6 Å². The molecule has 0 aliphatic carbocycles. The van der Waals surface area contributed by atoms with Crippen LogP contribution in [0.3, 0.4) is 0 Å². The van der Waals surface area contributed by atoms with Gasteiger partial charge in [0.1, 0.15) is 0 Å². The molecule has 5 rings (SSSR count). The maximum absolute atomic E-state index is 13.3. The average molecular weight is 372 g/mol. The highest BCUT2D eigenvalue weighted by Gasteiger charge is 2.16. The molecule has 0 aliphatic heterocycles. The van der Waals surface area contributed by atoms with Gasteiger partial charge in [-0.05, 0) is 36.4 Å². The summed E-state index contributed by atoms with van der Waals surface area (Å²) in [5, 5.41) is 1.23. The van der Waals surface area contributed by atoms with E-state index in [1.165, 1.54) is 0 Å². The minimum Gasteiger partial charge on any atom is -0.267 e. The Morgan fingerprint density at radius 2 is 1.52 bits per heavy atom. The third-order valence-corrected chi connectivity index (χ3v) is 4.87. The molecule has 0 fully saturated rings. The third kappa shape index (κ3) is 2.54. The van der Waals surface area contributed by atoms with Crippen LogP contribution >= 0.6 is 11.6 Å². The fourth-order valence-corrected chi connectivity index (χ4v) is 3.50. The molecule has 5 aromatic rings. The molecule has 0 bridgehead atoms. The monoisotopic (exact) mass is 371 g/mol. The van der Waals surface area contributed by atoms with Crippen LogP contribution in [0.4, 0.5) is 0 Å². The predicted octanol–water partition coefficient (Wildman–Crippen LogP) is 4.96. The Morgan fingerprint density at radius 1 is 0.815 bits per heavy atom. The van der Waals surface area contributed by atoms with Gasteiger partial charge in [-0.2, -0.15) is 4.52 Å². The van der Waals surface area contributed by atoms with Crippen molar-refractivity contribution in [3.8, 4) is 16.9 Å². The Balaban J connectivity index is 1.95. The summed E-state index contributed by atoms with van der Waals surface area (Å²) < 4.78 is 3.51. The van der Waals surface area contributed by atoms with Crippen molar-refractivity contribution < 1.29 is 0 Å². The fourth-order valence-electron chi connectivity index (χ4n) is 3.37. The standard InChI is InChI=1S/C22H14ClN3O/c23-16-10-12-17(13-11-16)25-20(15-6-2-1-3-7-15)14-21-24-19-9-5-4-8-18(19)22(27)26(21)25/h1-14H. The van der Waals surface area contributed by atoms with Crippen molar-refractivity contribution in [2.75, 3.05) is 0 Å². The van der Waals surface area contributed by atoms with Gasteiger partial charge in [-0.1, -0.05) is 54.1 Å². The smallest absolute Gasteiger partial charge is 0.267 e. The molecular weight excluding hydrogens is 358 g/mol. The van der Waals surface area contributed by atoms with E-state index in [0.717, 1.165) is 16.9 Å². The highest BCUT2D eigenvalue weighted by molar-refractivity contribution is 6.30. The van der Waals surface area contributed by atoms with Crippen molar-refractivity contribution in [3.63, 3.8) is 0 Å². The van der Waals surface area contributed by atoms with Crippen molar-refractivity contribution in [3.05, 3.63) is 100 Å². The summed E-state index contributed by atoms with van der Waals surface area (Å²) in [5.41, 5.74) is 3.92. The number of hydrogen-bond donors (Lipinski definition) is 0. The van der Waals surface area contributed by atoms with Gasteiger partial charge in [0.05, 0.1) is 22.3 Å². The van der Waals surface area contributed by atoms with E-state index in [-0.39, 0.29) is 5.56 Å². The molecule has 0 atom stereocenters. The van der Waals surface area contributed by atoms with Crippen LogP contribution in [0.2, 0.25) is 5.02 Å². The number of halogens is 1. The predicted molar refractivity (Wildman–Crippen MR) is 109 cm³/mol. The van der Waals surface area contributed by atoms with Crippen molar-refractivity contribution in [1.29, 1.82) is 0 Å². The fraction of sp³-hybridized carbons (Fsp3) is 0. The molecule has 2 aromatic heterocycles. The van der Waals surface area contributed by atoms with Gasteiger partial charge in [0.2, 0.25) is 0 Å². The summed E-state index contributed by atoms with van der Waals surface area (Å²) in [6.45, 7) is 0. The Hall–Kier alpha value is -3.37. The van der Waals surface area contributed by atoms with E-state index >= 15 is 0 Å². The molecule has 130 valence electrons. The zero-order valence-electron chi connectivity index (χ0n) is 14.2. The zero-order valence-corrected chi connectivity index (χ0v) is 15.0. The Morgan fingerprint density at radius 3 is 2.30 bits per heavy atom. The number of para-hydroxylation sites is 1.